The van der Waals surface area contributed by atoms with Gasteiger partial charge < -0.3 is 19.3 Å². The number of rotatable bonds is 16. The van der Waals surface area contributed by atoms with Gasteiger partial charge in [0.05, 0.1) is 30.7 Å². The summed E-state index contributed by atoms with van der Waals surface area (Å²) in [4.78, 5) is 37.0. The first-order valence-corrected chi connectivity index (χ1v) is 12.0. The highest BCUT2D eigenvalue weighted by Crippen LogP contribution is 2.38. The first-order valence-electron chi connectivity index (χ1n) is 12.0. The SMILES string of the molecule is CCC(C)(CC(C)(C)C(=O)OCCCCOC(=O)C=Cc1ccccc1)C(=O)OCCCCO. The minimum Gasteiger partial charge on any atom is -0.465 e. The van der Waals surface area contributed by atoms with E-state index in [4.69, 9.17) is 19.3 Å². The van der Waals surface area contributed by atoms with Crippen molar-refractivity contribution in [1.82, 2.24) is 0 Å². The first kappa shape index (κ1) is 29.4. The van der Waals surface area contributed by atoms with Crippen molar-refractivity contribution >= 4 is 24.0 Å². The molecule has 7 nitrogen and oxygen atoms in total. The highest BCUT2D eigenvalue weighted by molar-refractivity contribution is 5.87. The van der Waals surface area contributed by atoms with Crippen molar-refractivity contribution in [2.45, 2.75) is 66.2 Å². The van der Waals surface area contributed by atoms with Gasteiger partial charge in [0.25, 0.3) is 0 Å². The Hall–Kier alpha value is -2.67. The number of esters is 3. The van der Waals surface area contributed by atoms with Crippen molar-refractivity contribution in [3.63, 3.8) is 0 Å². The Balaban J connectivity index is 2.34. The normalized spacial score (nSPS) is 13.3. The summed E-state index contributed by atoms with van der Waals surface area (Å²) < 4.78 is 16.0. The van der Waals surface area contributed by atoms with Crippen LogP contribution < -0.4 is 0 Å². The number of aliphatic hydroxyl groups is 1. The molecule has 1 aromatic rings. The zero-order valence-electron chi connectivity index (χ0n) is 21.0. The molecule has 0 aliphatic heterocycles. The van der Waals surface area contributed by atoms with Crippen LogP contribution in [0.25, 0.3) is 6.08 Å². The highest BCUT2D eigenvalue weighted by Gasteiger charge is 2.42. The predicted octanol–water partition coefficient (Wildman–Crippen LogP) is 4.71. The van der Waals surface area contributed by atoms with Crippen molar-refractivity contribution in [2.75, 3.05) is 26.4 Å². The Morgan fingerprint density at radius 1 is 0.853 bits per heavy atom. The van der Waals surface area contributed by atoms with E-state index >= 15 is 0 Å². The van der Waals surface area contributed by atoms with Gasteiger partial charge in [-0.05, 0) is 70.9 Å². The summed E-state index contributed by atoms with van der Waals surface area (Å²) >= 11 is 0. The molecule has 1 atom stereocenters. The van der Waals surface area contributed by atoms with Crippen molar-refractivity contribution in [2.24, 2.45) is 10.8 Å². The molecule has 1 N–H and O–H groups in total. The zero-order chi connectivity index (χ0) is 25.5. The molecule has 1 rings (SSSR count). The average Bonchev–Trinajstić information content (AvgIpc) is 2.82. The lowest BCUT2D eigenvalue weighted by atomic mass is 9.72. The molecule has 34 heavy (non-hydrogen) atoms. The van der Waals surface area contributed by atoms with Crippen LogP contribution in [0.4, 0.5) is 0 Å². The molecule has 0 aliphatic rings. The summed E-state index contributed by atoms with van der Waals surface area (Å²) in [5.74, 6) is -1.12. The van der Waals surface area contributed by atoms with E-state index in [2.05, 4.69) is 0 Å². The summed E-state index contributed by atoms with van der Waals surface area (Å²) in [6, 6.07) is 9.48. The number of aliphatic hydroxyl groups excluding tert-OH is 1. The van der Waals surface area contributed by atoms with E-state index in [1.807, 2.05) is 37.3 Å². The van der Waals surface area contributed by atoms with Crippen LogP contribution in [0.1, 0.15) is 71.8 Å². The fourth-order valence-corrected chi connectivity index (χ4v) is 3.46. The third-order valence-corrected chi connectivity index (χ3v) is 5.67. The van der Waals surface area contributed by atoms with Crippen LogP contribution in [-0.4, -0.2) is 49.4 Å². The molecule has 0 saturated carbocycles. The van der Waals surface area contributed by atoms with Gasteiger partial charge in [-0.1, -0.05) is 37.3 Å². The van der Waals surface area contributed by atoms with Crippen LogP contribution in [0.5, 0.6) is 0 Å². The first-order chi connectivity index (χ1) is 16.1. The van der Waals surface area contributed by atoms with E-state index in [1.165, 1.54) is 6.08 Å². The Kier molecular flexibility index (Phi) is 13.2. The number of hydrogen-bond acceptors (Lipinski definition) is 7. The molecule has 7 heteroatoms. The van der Waals surface area contributed by atoms with E-state index in [0.717, 1.165) is 5.56 Å². The lowest BCUT2D eigenvalue weighted by Gasteiger charge is -2.33. The number of carbonyl (C=O) groups excluding carboxylic acids is 3. The highest BCUT2D eigenvalue weighted by atomic mass is 16.5. The van der Waals surface area contributed by atoms with E-state index in [-0.39, 0.29) is 38.4 Å². The summed E-state index contributed by atoms with van der Waals surface area (Å²) in [7, 11) is 0. The van der Waals surface area contributed by atoms with Gasteiger partial charge in [0.15, 0.2) is 0 Å². The van der Waals surface area contributed by atoms with Crippen LogP contribution in [0, 0.1) is 10.8 Å². The lowest BCUT2D eigenvalue weighted by molar-refractivity contribution is -0.163. The van der Waals surface area contributed by atoms with Crippen molar-refractivity contribution < 1.29 is 33.7 Å². The second-order valence-corrected chi connectivity index (χ2v) is 9.30. The Morgan fingerprint density at radius 3 is 2.00 bits per heavy atom. The van der Waals surface area contributed by atoms with Crippen molar-refractivity contribution in [3.05, 3.63) is 42.0 Å². The summed E-state index contributed by atoms with van der Waals surface area (Å²) in [5, 5.41) is 8.84. The number of carbonyl (C=O) groups is 3. The second-order valence-electron chi connectivity index (χ2n) is 9.30. The molecular formula is C27H40O7. The number of benzene rings is 1. The van der Waals surface area contributed by atoms with Crippen LogP contribution in [-0.2, 0) is 28.6 Å². The van der Waals surface area contributed by atoms with E-state index < -0.39 is 16.8 Å². The third kappa shape index (κ3) is 11.0. The van der Waals surface area contributed by atoms with Gasteiger partial charge in [-0.25, -0.2) is 4.79 Å². The molecule has 0 aromatic heterocycles. The van der Waals surface area contributed by atoms with E-state index in [1.54, 1.807) is 26.8 Å². The summed E-state index contributed by atoms with van der Waals surface area (Å²) in [6.07, 6.45) is 6.25. The van der Waals surface area contributed by atoms with Gasteiger partial charge >= 0.3 is 17.9 Å². The Morgan fingerprint density at radius 2 is 1.41 bits per heavy atom. The average molecular weight is 477 g/mol. The Bertz CT molecular complexity index is 785. The van der Waals surface area contributed by atoms with Gasteiger partial charge in [0.1, 0.15) is 0 Å². The van der Waals surface area contributed by atoms with Crippen LogP contribution >= 0.6 is 0 Å². The Labute approximate surface area is 203 Å². The molecule has 0 spiro atoms. The molecule has 190 valence electrons. The molecule has 0 heterocycles. The van der Waals surface area contributed by atoms with E-state index in [0.29, 0.717) is 38.5 Å². The van der Waals surface area contributed by atoms with Crippen LogP contribution in [0.2, 0.25) is 0 Å². The maximum atomic E-state index is 12.6. The molecule has 0 saturated heterocycles. The number of hydrogen-bond donors (Lipinski definition) is 1. The molecule has 1 unspecified atom stereocenters. The smallest absolute Gasteiger partial charge is 0.330 e. The van der Waals surface area contributed by atoms with Gasteiger partial charge in [-0.15, -0.1) is 0 Å². The molecule has 0 radical (unpaired) electrons. The minimum absolute atomic E-state index is 0.0647. The quantitative estimate of drug-likeness (QED) is 0.160. The molecule has 0 fully saturated rings. The largest absolute Gasteiger partial charge is 0.465 e. The number of ether oxygens (including phenoxy) is 3. The van der Waals surface area contributed by atoms with Gasteiger partial charge in [0, 0.05) is 12.7 Å². The van der Waals surface area contributed by atoms with Crippen LogP contribution in [0.15, 0.2) is 36.4 Å². The van der Waals surface area contributed by atoms with Gasteiger partial charge in [-0.2, -0.15) is 0 Å². The third-order valence-electron chi connectivity index (χ3n) is 5.67. The molecule has 0 amide bonds. The second kappa shape index (κ2) is 15.3. The molecule has 0 bridgehead atoms. The van der Waals surface area contributed by atoms with Gasteiger partial charge in [0.2, 0.25) is 0 Å². The maximum Gasteiger partial charge on any atom is 0.330 e. The minimum atomic E-state index is -0.858. The lowest BCUT2D eigenvalue weighted by Crippen LogP contribution is -2.38. The van der Waals surface area contributed by atoms with Crippen LogP contribution in [0.3, 0.4) is 0 Å². The fraction of sp³-hybridized carbons (Fsp3) is 0.593. The van der Waals surface area contributed by atoms with Crippen molar-refractivity contribution in [3.8, 4) is 0 Å². The molecular weight excluding hydrogens is 436 g/mol. The summed E-state index contributed by atoms with van der Waals surface area (Å²) in [5.41, 5.74) is -0.740. The fourth-order valence-electron chi connectivity index (χ4n) is 3.46. The topological polar surface area (TPSA) is 99.1 Å². The zero-order valence-corrected chi connectivity index (χ0v) is 21.0. The maximum absolute atomic E-state index is 12.6. The number of unbranched alkanes of at least 4 members (excludes halogenated alkanes) is 2. The summed E-state index contributed by atoms with van der Waals surface area (Å²) in [6.45, 7) is 8.01. The van der Waals surface area contributed by atoms with Gasteiger partial charge in [-0.3, -0.25) is 9.59 Å². The van der Waals surface area contributed by atoms with E-state index in [9.17, 15) is 14.4 Å². The monoisotopic (exact) mass is 476 g/mol. The van der Waals surface area contributed by atoms with Crippen molar-refractivity contribution in [1.29, 1.82) is 0 Å². The molecule has 0 aliphatic carbocycles. The molecule has 1 aromatic carbocycles. The standard InChI is InChI=1S/C27H40O7/c1-5-27(4,25(31)34-19-10-9-17-28)21-26(2,3)24(30)33-20-12-11-18-32-23(29)16-15-22-13-7-6-8-14-22/h6-8,13-16,28H,5,9-12,17-21H2,1-4H3. The predicted molar refractivity (Wildman–Crippen MR) is 131 cm³/mol.